The number of anilines is 1. The Morgan fingerprint density at radius 2 is 2.00 bits per heavy atom. The van der Waals surface area contributed by atoms with Gasteiger partial charge in [0.1, 0.15) is 11.6 Å². The molecular formula is C19H18ClFN4O3. The molecular weight excluding hydrogens is 387 g/mol. The van der Waals surface area contributed by atoms with Crippen LogP contribution in [-0.2, 0) is 13.0 Å². The number of urea groups is 1. The lowest BCUT2D eigenvalue weighted by Gasteiger charge is -2.17. The fraction of sp³-hybridized carbons (Fsp3) is 0.211. The maximum atomic E-state index is 12.9. The number of amides is 2. The van der Waals surface area contributed by atoms with Crippen LogP contribution < -0.4 is 10.1 Å². The van der Waals surface area contributed by atoms with Crippen molar-refractivity contribution in [1.82, 2.24) is 15.0 Å². The number of aromatic nitrogens is 2. The lowest BCUT2D eigenvalue weighted by Crippen LogP contribution is -2.33. The number of para-hydroxylation sites is 1. The van der Waals surface area contributed by atoms with Crippen LogP contribution in [0.5, 0.6) is 5.75 Å². The fourth-order valence-corrected chi connectivity index (χ4v) is 2.45. The monoisotopic (exact) mass is 404 g/mol. The first-order valence-electron chi connectivity index (χ1n) is 8.48. The molecule has 3 aromatic rings. The van der Waals surface area contributed by atoms with Gasteiger partial charge in [0.05, 0.1) is 10.7 Å². The number of rotatable bonds is 7. The number of hydrogen-bond acceptors (Lipinski definition) is 5. The van der Waals surface area contributed by atoms with Crippen molar-refractivity contribution in [2.24, 2.45) is 0 Å². The van der Waals surface area contributed by atoms with E-state index in [4.69, 9.17) is 20.9 Å². The summed E-state index contributed by atoms with van der Waals surface area (Å²) >= 11 is 6.03. The SMILES string of the molecule is CN(CCc1noc(COc2ccc(F)cc2)n1)C(=O)Nc1ccccc1Cl. The quantitative estimate of drug-likeness (QED) is 0.639. The van der Waals surface area contributed by atoms with Crippen LogP contribution >= 0.6 is 11.6 Å². The number of ether oxygens (including phenoxy) is 1. The molecule has 0 saturated heterocycles. The van der Waals surface area contributed by atoms with E-state index >= 15 is 0 Å². The second-order valence-corrected chi connectivity index (χ2v) is 6.34. The smallest absolute Gasteiger partial charge is 0.321 e. The molecule has 0 unspecified atom stereocenters. The van der Waals surface area contributed by atoms with Gasteiger partial charge >= 0.3 is 6.03 Å². The van der Waals surface area contributed by atoms with Gasteiger partial charge in [-0.15, -0.1) is 0 Å². The van der Waals surface area contributed by atoms with Crippen molar-refractivity contribution in [3.05, 3.63) is 71.1 Å². The zero-order chi connectivity index (χ0) is 19.9. The van der Waals surface area contributed by atoms with Crippen LogP contribution in [0.3, 0.4) is 0 Å². The summed E-state index contributed by atoms with van der Waals surface area (Å²) < 4.78 is 23.4. The molecule has 9 heteroatoms. The maximum Gasteiger partial charge on any atom is 0.321 e. The van der Waals surface area contributed by atoms with Gasteiger partial charge in [0.2, 0.25) is 0 Å². The highest BCUT2D eigenvalue weighted by atomic mass is 35.5. The van der Waals surface area contributed by atoms with E-state index in [1.165, 1.54) is 29.2 Å². The minimum absolute atomic E-state index is 0.0709. The first kappa shape index (κ1) is 19.6. The molecule has 0 aliphatic heterocycles. The van der Waals surface area contributed by atoms with Crippen molar-refractivity contribution in [3.8, 4) is 5.75 Å². The molecule has 0 bridgehead atoms. The molecule has 146 valence electrons. The summed E-state index contributed by atoms with van der Waals surface area (Å²) in [6, 6.07) is 12.3. The standard InChI is InChI=1S/C19H18ClFN4O3/c1-25(19(26)22-16-5-3-2-4-15(16)20)11-10-17-23-18(28-24-17)12-27-14-8-6-13(21)7-9-14/h2-9H,10-12H2,1H3,(H,22,26). The Balaban J connectivity index is 1.46. The van der Waals surface area contributed by atoms with Crippen LogP contribution in [0.4, 0.5) is 14.9 Å². The molecule has 0 saturated carbocycles. The largest absolute Gasteiger partial charge is 0.484 e. The summed E-state index contributed by atoms with van der Waals surface area (Å²) in [5, 5.41) is 7.07. The molecule has 2 aromatic carbocycles. The van der Waals surface area contributed by atoms with Crippen LogP contribution in [0.15, 0.2) is 53.1 Å². The van der Waals surface area contributed by atoms with Crippen LogP contribution in [0, 0.1) is 5.82 Å². The van der Waals surface area contributed by atoms with Gasteiger partial charge in [-0.2, -0.15) is 4.98 Å². The third-order valence-corrected chi connectivity index (χ3v) is 4.15. The van der Waals surface area contributed by atoms with E-state index < -0.39 is 0 Å². The summed E-state index contributed by atoms with van der Waals surface area (Å²) in [6.45, 7) is 0.454. The van der Waals surface area contributed by atoms with Crippen molar-refractivity contribution >= 4 is 23.3 Å². The van der Waals surface area contributed by atoms with E-state index in [1.807, 2.05) is 0 Å². The topological polar surface area (TPSA) is 80.5 Å². The molecule has 0 aliphatic carbocycles. The van der Waals surface area contributed by atoms with E-state index in [-0.39, 0.29) is 18.5 Å². The fourth-order valence-electron chi connectivity index (χ4n) is 2.27. The maximum absolute atomic E-state index is 12.9. The van der Waals surface area contributed by atoms with Crippen LogP contribution in [-0.4, -0.2) is 34.7 Å². The number of halogens is 2. The summed E-state index contributed by atoms with van der Waals surface area (Å²) in [4.78, 5) is 17.9. The first-order chi connectivity index (χ1) is 13.5. The molecule has 0 radical (unpaired) electrons. The highest BCUT2D eigenvalue weighted by molar-refractivity contribution is 6.33. The minimum Gasteiger partial charge on any atom is -0.484 e. The lowest BCUT2D eigenvalue weighted by atomic mass is 10.3. The number of carbonyl (C=O) groups excluding carboxylic acids is 1. The lowest BCUT2D eigenvalue weighted by molar-refractivity contribution is 0.222. The zero-order valence-corrected chi connectivity index (χ0v) is 15.8. The molecule has 1 N–H and O–H groups in total. The van der Waals surface area contributed by atoms with Crippen molar-refractivity contribution in [3.63, 3.8) is 0 Å². The van der Waals surface area contributed by atoms with Gasteiger partial charge in [0, 0.05) is 20.0 Å². The molecule has 7 nitrogen and oxygen atoms in total. The average Bonchev–Trinajstić information content (AvgIpc) is 3.15. The number of carbonyl (C=O) groups is 1. The van der Waals surface area contributed by atoms with E-state index in [0.29, 0.717) is 41.1 Å². The molecule has 2 amide bonds. The van der Waals surface area contributed by atoms with Gasteiger partial charge < -0.3 is 19.5 Å². The van der Waals surface area contributed by atoms with Crippen LogP contribution in [0.25, 0.3) is 0 Å². The molecule has 0 fully saturated rings. The minimum atomic E-state index is -0.338. The second kappa shape index (κ2) is 9.18. The third kappa shape index (κ3) is 5.43. The highest BCUT2D eigenvalue weighted by Crippen LogP contribution is 2.20. The predicted molar refractivity (Wildman–Crippen MR) is 102 cm³/mol. The molecule has 28 heavy (non-hydrogen) atoms. The van der Waals surface area contributed by atoms with Gasteiger partial charge in [0.15, 0.2) is 12.4 Å². The summed E-state index contributed by atoms with van der Waals surface area (Å²) in [5.41, 5.74) is 0.542. The van der Waals surface area contributed by atoms with Gasteiger partial charge in [-0.25, -0.2) is 9.18 Å². The molecule has 0 aliphatic rings. The molecule has 1 aromatic heterocycles. The van der Waals surface area contributed by atoms with E-state index in [9.17, 15) is 9.18 Å². The Morgan fingerprint density at radius 1 is 1.25 bits per heavy atom. The van der Waals surface area contributed by atoms with Crippen molar-refractivity contribution in [1.29, 1.82) is 0 Å². The predicted octanol–water partition coefficient (Wildman–Crippen LogP) is 4.15. The van der Waals surface area contributed by atoms with E-state index in [1.54, 1.807) is 31.3 Å². The molecule has 0 atom stereocenters. The zero-order valence-electron chi connectivity index (χ0n) is 15.1. The Bertz CT molecular complexity index is 933. The Hall–Kier alpha value is -3.13. The Morgan fingerprint density at radius 3 is 2.75 bits per heavy atom. The van der Waals surface area contributed by atoms with Crippen molar-refractivity contribution in [2.75, 3.05) is 18.9 Å². The number of likely N-dealkylation sites (N-methyl/N-ethyl adjacent to an activating group) is 1. The Kier molecular flexibility index (Phi) is 6.44. The first-order valence-corrected chi connectivity index (χ1v) is 8.85. The molecule has 0 spiro atoms. The Labute approximate surface area is 166 Å². The normalized spacial score (nSPS) is 10.5. The van der Waals surface area contributed by atoms with Gasteiger partial charge in [-0.1, -0.05) is 28.9 Å². The second-order valence-electron chi connectivity index (χ2n) is 5.93. The van der Waals surface area contributed by atoms with E-state index in [2.05, 4.69) is 15.5 Å². The van der Waals surface area contributed by atoms with E-state index in [0.717, 1.165) is 0 Å². The van der Waals surface area contributed by atoms with Crippen LogP contribution in [0.1, 0.15) is 11.7 Å². The van der Waals surface area contributed by atoms with Gasteiger partial charge in [-0.05, 0) is 36.4 Å². The number of nitrogens with zero attached hydrogens (tertiary/aromatic N) is 3. The summed E-state index contributed by atoms with van der Waals surface area (Å²) in [6.07, 6.45) is 0.409. The highest BCUT2D eigenvalue weighted by Gasteiger charge is 2.13. The molecule has 3 rings (SSSR count). The third-order valence-electron chi connectivity index (χ3n) is 3.82. The number of benzene rings is 2. The van der Waals surface area contributed by atoms with Crippen LogP contribution in [0.2, 0.25) is 5.02 Å². The van der Waals surface area contributed by atoms with Gasteiger partial charge in [-0.3, -0.25) is 0 Å². The summed E-state index contributed by atoms with van der Waals surface area (Å²) in [5.74, 6) is 0.907. The van der Waals surface area contributed by atoms with Crippen molar-refractivity contribution in [2.45, 2.75) is 13.0 Å². The van der Waals surface area contributed by atoms with Crippen molar-refractivity contribution < 1.29 is 18.4 Å². The number of nitrogens with one attached hydrogen (secondary N) is 1. The summed E-state index contributed by atoms with van der Waals surface area (Å²) in [7, 11) is 1.66. The number of hydrogen-bond donors (Lipinski definition) is 1. The average molecular weight is 405 g/mol. The van der Waals surface area contributed by atoms with Gasteiger partial charge in [0.25, 0.3) is 5.89 Å². The molecule has 1 heterocycles.